The number of amides is 3. The Bertz CT molecular complexity index is 753. The summed E-state index contributed by atoms with van der Waals surface area (Å²) < 4.78 is 5.65. The van der Waals surface area contributed by atoms with Gasteiger partial charge in [-0.15, -0.1) is 0 Å². The minimum atomic E-state index is -0.0577. The molecule has 1 N–H and O–H groups in total. The molecule has 1 aromatic rings. The number of hydrogen-bond acceptors (Lipinski definition) is 3. The quantitative estimate of drug-likeness (QED) is 0.810. The van der Waals surface area contributed by atoms with Crippen LogP contribution in [-0.4, -0.2) is 53.5 Å². The minimum absolute atomic E-state index is 0.0577. The van der Waals surface area contributed by atoms with Gasteiger partial charge in [-0.05, 0) is 56.6 Å². The Balaban J connectivity index is 1.51. The van der Waals surface area contributed by atoms with E-state index in [1.165, 1.54) is 0 Å². The van der Waals surface area contributed by atoms with Crippen LogP contribution in [0.3, 0.4) is 0 Å². The Morgan fingerprint density at radius 3 is 2.79 bits per heavy atom. The van der Waals surface area contributed by atoms with Gasteiger partial charge in [0.05, 0.1) is 12.3 Å². The second-order valence-corrected chi connectivity index (χ2v) is 8.64. The molecule has 3 amide bonds. The lowest BCUT2D eigenvalue weighted by Crippen LogP contribution is -2.65. The summed E-state index contributed by atoms with van der Waals surface area (Å²) >= 11 is 0. The number of likely N-dealkylation sites (tertiary alicyclic amines) is 1. The molecule has 0 unspecified atom stereocenters. The van der Waals surface area contributed by atoms with Gasteiger partial charge in [0.15, 0.2) is 0 Å². The summed E-state index contributed by atoms with van der Waals surface area (Å²) in [6.07, 6.45) is 5.98. The van der Waals surface area contributed by atoms with Crippen LogP contribution in [-0.2, 0) is 4.79 Å². The highest BCUT2D eigenvalue weighted by Gasteiger charge is 2.49. The molecule has 0 saturated carbocycles. The zero-order valence-electron chi connectivity index (χ0n) is 17.6. The number of fused-ring (bicyclic) bond motifs is 4. The third-order valence-electron chi connectivity index (χ3n) is 6.80. The first-order valence-corrected chi connectivity index (χ1v) is 11.2. The summed E-state index contributed by atoms with van der Waals surface area (Å²) in [5, 5.41) is 3.06. The number of urea groups is 1. The van der Waals surface area contributed by atoms with E-state index in [4.69, 9.17) is 4.74 Å². The molecule has 6 nitrogen and oxygen atoms in total. The van der Waals surface area contributed by atoms with E-state index < -0.39 is 0 Å². The molecule has 4 atom stereocenters. The van der Waals surface area contributed by atoms with Crippen LogP contribution in [0.25, 0.3) is 0 Å². The summed E-state index contributed by atoms with van der Waals surface area (Å²) in [6.45, 7) is 6.14. The highest BCUT2D eigenvalue weighted by molar-refractivity contribution is 5.91. The van der Waals surface area contributed by atoms with Gasteiger partial charge >= 0.3 is 6.03 Å². The fourth-order valence-electron chi connectivity index (χ4n) is 5.65. The number of hydrogen-bond donors (Lipinski definition) is 1. The van der Waals surface area contributed by atoms with Gasteiger partial charge in [0, 0.05) is 31.6 Å². The van der Waals surface area contributed by atoms with Crippen LogP contribution < -0.4 is 10.1 Å². The average Bonchev–Trinajstić information content (AvgIpc) is 2.73. The molecule has 0 aliphatic carbocycles. The van der Waals surface area contributed by atoms with Crippen molar-refractivity contribution in [2.24, 2.45) is 11.8 Å². The van der Waals surface area contributed by atoms with Crippen molar-refractivity contribution in [2.45, 2.75) is 64.5 Å². The van der Waals surface area contributed by atoms with Crippen molar-refractivity contribution in [3.63, 3.8) is 0 Å². The SMILES string of the molecule is CCC[C@H]1[C@H]2C[C@H](CN(C(=O)Nc3ccccc3OCC)C2)[C@@H]2CCCC(=O)N21. The summed E-state index contributed by atoms with van der Waals surface area (Å²) in [4.78, 5) is 30.0. The largest absolute Gasteiger partial charge is 0.492 e. The lowest BCUT2D eigenvalue weighted by molar-refractivity contribution is -0.151. The van der Waals surface area contributed by atoms with Gasteiger partial charge in [-0.25, -0.2) is 4.79 Å². The molecule has 3 fully saturated rings. The third-order valence-corrected chi connectivity index (χ3v) is 6.80. The van der Waals surface area contributed by atoms with Crippen LogP contribution in [0.2, 0.25) is 0 Å². The third kappa shape index (κ3) is 3.94. The van der Waals surface area contributed by atoms with Crippen LogP contribution in [0, 0.1) is 11.8 Å². The number of benzene rings is 1. The van der Waals surface area contributed by atoms with Crippen molar-refractivity contribution >= 4 is 17.6 Å². The van der Waals surface area contributed by atoms with Crippen molar-refractivity contribution < 1.29 is 14.3 Å². The first-order valence-electron chi connectivity index (χ1n) is 11.2. The molecule has 3 aliphatic rings. The van der Waals surface area contributed by atoms with E-state index in [2.05, 4.69) is 17.1 Å². The van der Waals surface area contributed by atoms with E-state index in [1.807, 2.05) is 36.1 Å². The van der Waals surface area contributed by atoms with E-state index in [-0.39, 0.29) is 12.1 Å². The Morgan fingerprint density at radius 2 is 2.00 bits per heavy atom. The fourth-order valence-corrected chi connectivity index (χ4v) is 5.65. The van der Waals surface area contributed by atoms with Crippen LogP contribution in [0.1, 0.15) is 52.4 Å². The lowest BCUT2D eigenvalue weighted by Gasteiger charge is -2.56. The molecule has 29 heavy (non-hydrogen) atoms. The normalized spacial score (nSPS) is 28.7. The molecular formula is C23H33N3O3. The standard InChI is InChI=1S/C23H33N3O3/c1-3-8-19-16-13-17(20-10-7-12-22(27)26(19)20)15-25(14-16)23(28)24-18-9-5-6-11-21(18)29-4-2/h5-6,9,11,16-17,19-20H,3-4,7-8,10,12-15H2,1-2H3,(H,24,28)/t16-,17+,19-,20-/m0/s1. The number of nitrogens with zero attached hydrogens (tertiary/aromatic N) is 2. The van der Waals surface area contributed by atoms with Gasteiger partial charge < -0.3 is 19.9 Å². The Labute approximate surface area is 173 Å². The summed E-state index contributed by atoms with van der Waals surface area (Å²) in [6, 6.07) is 8.11. The van der Waals surface area contributed by atoms with Crippen LogP contribution >= 0.6 is 0 Å². The number of carbonyl (C=O) groups excluding carboxylic acids is 2. The van der Waals surface area contributed by atoms with Crippen molar-refractivity contribution in [3.8, 4) is 5.75 Å². The summed E-state index contributed by atoms with van der Waals surface area (Å²) in [5.41, 5.74) is 0.717. The maximum Gasteiger partial charge on any atom is 0.321 e. The number of anilines is 1. The van der Waals surface area contributed by atoms with Crippen molar-refractivity contribution in [1.29, 1.82) is 0 Å². The second kappa shape index (κ2) is 8.64. The fraction of sp³-hybridized carbons (Fsp3) is 0.652. The topological polar surface area (TPSA) is 61.9 Å². The highest BCUT2D eigenvalue weighted by atomic mass is 16.5. The molecule has 1 aromatic carbocycles. The molecule has 6 heteroatoms. The molecule has 0 spiro atoms. The van der Waals surface area contributed by atoms with E-state index in [0.29, 0.717) is 42.6 Å². The molecule has 3 heterocycles. The van der Waals surface area contributed by atoms with Crippen LogP contribution in [0.15, 0.2) is 24.3 Å². The molecule has 4 rings (SSSR count). The van der Waals surface area contributed by atoms with Crippen molar-refractivity contribution in [1.82, 2.24) is 9.80 Å². The lowest BCUT2D eigenvalue weighted by atomic mass is 9.71. The maximum absolute atomic E-state index is 13.1. The van der Waals surface area contributed by atoms with E-state index >= 15 is 0 Å². The molecular weight excluding hydrogens is 366 g/mol. The number of rotatable bonds is 5. The van der Waals surface area contributed by atoms with E-state index in [0.717, 1.165) is 50.9 Å². The molecule has 3 aliphatic heterocycles. The van der Waals surface area contributed by atoms with Gasteiger partial charge in [0.25, 0.3) is 0 Å². The number of para-hydroxylation sites is 2. The van der Waals surface area contributed by atoms with Crippen LogP contribution in [0.5, 0.6) is 5.75 Å². The Hall–Kier alpha value is -2.24. The molecule has 3 saturated heterocycles. The maximum atomic E-state index is 13.1. The van der Waals surface area contributed by atoms with Crippen LogP contribution in [0.4, 0.5) is 10.5 Å². The average molecular weight is 400 g/mol. The highest BCUT2D eigenvalue weighted by Crippen LogP contribution is 2.43. The van der Waals surface area contributed by atoms with E-state index in [9.17, 15) is 9.59 Å². The number of nitrogens with one attached hydrogen (secondary N) is 1. The molecule has 2 bridgehead atoms. The number of carbonyl (C=O) groups is 2. The number of piperidine rings is 3. The first-order chi connectivity index (χ1) is 14.1. The van der Waals surface area contributed by atoms with Gasteiger partial charge in [-0.1, -0.05) is 25.5 Å². The summed E-state index contributed by atoms with van der Waals surface area (Å²) in [7, 11) is 0. The van der Waals surface area contributed by atoms with E-state index in [1.54, 1.807) is 0 Å². The first kappa shape index (κ1) is 20.0. The zero-order chi connectivity index (χ0) is 20.4. The Morgan fingerprint density at radius 1 is 1.21 bits per heavy atom. The predicted octanol–water partition coefficient (Wildman–Crippen LogP) is 4.12. The summed E-state index contributed by atoms with van der Waals surface area (Å²) in [5.74, 6) is 1.80. The van der Waals surface area contributed by atoms with Gasteiger partial charge in [0.2, 0.25) is 5.91 Å². The van der Waals surface area contributed by atoms with Crippen molar-refractivity contribution in [2.75, 3.05) is 25.0 Å². The predicted molar refractivity (Wildman–Crippen MR) is 113 cm³/mol. The second-order valence-electron chi connectivity index (χ2n) is 8.64. The molecule has 158 valence electrons. The molecule has 0 aromatic heterocycles. The Kier molecular flexibility index (Phi) is 5.97. The monoisotopic (exact) mass is 399 g/mol. The zero-order valence-corrected chi connectivity index (χ0v) is 17.6. The molecule has 0 radical (unpaired) electrons. The van der Waals surface area contributed by atoms with Gasteiger partial charge in [-0.2, -0.15) is 0 Å². The smallest absolute Gasteiger partial charge is 0.321 e. The van der Waals surface area contributed by atoms with Crippen molar-refractivity contribution in [3.05, 3.63) is 24.3 Å². The number of ether oxygens (including phenoxy) is 1. The van der Waals surface area contributed by atoms with Gasteiger partial charge in [0.1, 0.15) is 5.75 Å². The minimum Gasteiger partial charge on any atom is -0.492 e. The van der Waals surface area contributed by atoms with Gasteiger partial charge in [-0.3, -0.25) is 4.79 Å².